The Kier molecular flexibility index (Phi) is 5.28. The first-order valence-corrected chi connectivity index (χ1v) is 10.8. The van der Waals surface area contributed by atoms with Crippen molar-refractivity contribution in [2.24, 2.45) is 0 Å². The van der Waals surface area contributed by atoms with E-state index in [9.17, 15) is 9.90 Å². The molecule has 6 heteroatoms. The van der Waals surface area contributed by atoms with Crippen LogP contribution < -0.4 is 9.47 Å². The summed E-state index contributed by atoms with van der Waals surface area (Å²) in [6, 6.07) is 13.6. The number of nitrogens with one attached hydrogen (secondary N) is 1. The van der Waals surface area contributed by atoms with Crippen molar-refractivity contribution in [3.8, 4) is 17.2 Å². The van der Waals surface area contributed by atoms with E-state index in [4.69, 9.17) is 9.47 Å². The van der Waals surface area contributed by atoms with Gasteiger partial charge in [0.2, 0.25) is 6.79 Å². The average Bonchev–Trinajstić information content (AvgIpc) is 3.46. The maximum Gasteiger partial charge on any atom is 0.270 e. The molecule has 1 amide bonds. The molecule has 0 spiro atoms. The number of hydrogen-bond acceptors (Lipinski definition) is 4. The van der Waals surface area contributed by atoms with Gasteiger partial charge in [-0.15, -0.1) is 0 Å². The summed E-state index contributed by atoms with van der Waals surface area (Å²) in [5.74, 6) is 1.90. The molecular weight excluding hydrogens is 392 g/mol. The van der Waals surface area contributed by atoms with Gasteiger partial charge in [-0.2, -0.15) is 0 Å². The van der Waals surface area contributed by atoms with Gasteiger partial charge in [-0.25, -0.2) is 0 Å². The Hall–Kier alpha value is -3.41. The van der Waals surface area contributed by atoms with Gasteiger partial charge in [0.25, 0.3) is 5.91 Å². The standard InChI is InChI=1S/C25H26N2O4/c28-22-8-5-17-9-12-27(25(29)21-4-1-10-26-21)11-2-3-18-14-23-24(31-16-30-23)15-19(18)6-7-20(22)13-17/h1,4-5,8,10,13-15,26,28H,2-3,6-7,9,11-12,16H2. The summed E-state index contributed by atoms with van der Waals surface area (Å²) in [6.45, 7) is 1.56. The van der Waals surface area contributed by atoms with E-state index in [2.05, 4.69) is 23.2 Å². The molecule has 5 rings (SSSR count). The van der Waals surface area contributed by atoms with Crippen LogP contribution in [0.2, 0.25) is 0 Å². The summed E-state index contributed by atoms with van der Waals surface area (Å²) < 4.78 is 11.2. The van der Waals surface area contributed by atoms with Gasteiger partial charge in [-0.1, -0.05) is 12.1 Å². The van der Waals surface area contributed by atoms with Gasteiger partial charge >= 0.3 is 0 Å². The zero-order valence-corrected chi connectivity index (χ0v) is 17.4. The van der Waals surface area contributed by atoms with E-state index in [0.29, 0.717) is 24.5 Å². The Bertz CT molecular complexity index is 1090. The second-order valence-electron chi connectivity index (χ2n) is 8.17. The smallest absolute Gasteiger partial charge is 0.270 e. The summed E-state index contributed by atoms with van der Waals surface area (Å²) in [5.41, 5.74) is 5.09. The molecule has 0 saturated carbocycles. The molecule has 2 aromatic carbocycles. The minimum absolute atomic E-state index is 0.0183. The van der Waals surface area contributed by atoms with Crippen LogP contribution >= 0.6 is 0 Å². The van der Waals surface area contributed by atoms with Crippen molar-refractivity contribution < 1.29 is 19.4 Å². The highest BCUT2D eigenvalue weighted by Gasteiger charge is 2.20. The van der Waals surface area contributed by atoms with Crippen molar-refractivity contribution in [1.82, 2.24) is 9.88 Å². The first kappa shape index (κ1) is 19.5. The summed E-state index contributed by atoms with van der Waals surface area (Å²) in [5, 5.41) is 10.4. The van der Waals surface area contributed by atoms with Crippen LogP contribution in [0.1, 0.15) is 39.2 Å². The molecule has 2 aliphatic heterocycles. The lowest BCUT2D eigenvalue weighted by atomic mass is 9.95. The molecular formula is C25H26N2O4. The summed E-state index contributed by atoms with van der Waals surface area (Å²) >= 11 is 0. The van der Waals surface area contributed by atoms with Crippen molar-refractivity contribution in [2.45, 2.75) is 32.1 Å². The van der Waals surface area contributed by atoms with Crippen molar-refractivity contribution in [1.29, 1.82) is 0 Å². The van der Waals surface area contributed by atoms with Gasteiger partial charge in [0.1, 0.15) is 11.4 Å². The van der Waals surface area contributed by atoms with Gasteiger partial charge in [0.05, 0.1) is 0 Å². The predicted molar refractivity (Wildman–Crippen MR) is 117 cm³/mol. The number of carbonyl (C=O) groups is 1. The highest BCUT2D eigenvalue weighted by atomic mass is 16.7. The molecule has 1 aromatic heterocycles. The second kappa shape index (κ2) is 8.38. The molecule has 2 bridgehead atoms. The van der Waals surface area contributed by atoms with Crippen LogP contribution in [0, 0.1) is 0 Å². The van der Waals surface area contributed by atoms with Crippen molar-refractivity contribution in [3.63, 3.8) is 0 Å². The van der Waals surface area contributed by atoms with Crippen molar-refractivity contribution in [2.75, 3.05) is 19.9 Å². The number of fused-ring (bicyclic) bond motifs is 4. The van der Waals surface area contributed by atoms with Crippen LogP contribution in [-0.4, -0.2) is 40.8 Å². The molecule has 2 N–H and O–H groups in total. The minimum Gasteiger partial charge on any atom is -0.508 e. The molecule has 2 aliphatic rings. The highest BCUT2D eigenvalue weighted by Crippen LogP contribution is 2.36. The zero-order valence-electron chi connectivity index (χ0n) is 17.4. The van der Waals surface area contributed by atoms with Crippen LogP contribution in [0.3, 0.4) is 0 Å². The number of aromatic hydroxyl groups is 1. The Morgan fingerprint density at radius 2 is 1.68 bits per heavy atom. The Morgan fingerprint density at radius 1 is 0.903 bits per heavy atom. The molecule has 0 fully saturated rings. The van der Waals surface area contributed by atoms with E-state index < -0.39 is 0 Å². The number of hydrogen-bond donors (Lipinski definition) is 2. The maximum atomic E-state index is 13.0. The number of nitrogens with zero attached hydrogens (tertiary/aromatic N) is 1. The number of phenols is 1. The van der Waals surface area contributed by atoms with Crippen LogP contribution in [0.25, 0.3) is 0 Å². The number of ether oxygens (including phenoxy) is 2. The van der Waals surface area contributed by atoms with E-state index in [1.54, 1.807) is 12.3 Å². The molecule has 0 unspecified atom stereocenters. The number of benzene rings is 2. The average molecular weight is 418 g/mol. The summed E-state index contributed by atoms with van der Waals surface area (Å²) in [7, 11) is 0. The highest BCUT2D eigenvalue weighted by molar-refractivity contribution is 5.92. The fourth-order valence-corrected chi connectivity index (χ4v) is 4.43. The zero-order chi connectivity index (χ0) is 21.2. The molecule has 160 valence electrons. The lowest BCUT2D eigenvalue weighted by Gasteiger charge is -2.22. The first-order chi connectivity index (χ1) is 15.2. The lowest BCUT2D eigenvalue weighted by molar-refractivity contribution is 0.0750. The third kappa shape index (κ3) is 4.10. The van der Waals surface area contributed by atoms with Crippen LogP contribution in [-0.2, 0) is 25.7 Å². The molecule has 0 aliphatic carbocycles. The van der Waals surface area contributed by atoms with Crippen molar-refractivity contribution >= 4 is 5.91 Å². The van der Waals surface area contributed by atoms with Crippen molar-refractivity contribution in [3.05, 3.63) is 76.6 Å². The lowest BCUT2D eigenvalue weighted by Crippen LogP contribution is -2.34. The van der Waals surface area contributed by atoms with Gasteiger partial charge in [0.15, 0.2) is 11.5 Å². The van der Waals surface area contributed by atoms with E-state index in [-0.39, 0.29) is 12.7 Å². The SMILES string of the molecule is O=C(c1ccc[nH]1)N1CCCc2cc3c(cc2CCc2cc(ccc2O)CC1)OCO3. The van der Waals surface area contributed by atoms with E-state index in [0.717, 1.165) is 54.7 Å². The molecule has 3 heterocycles. The maximum absolute atomic E-state index is 13.0. The van der Waals surface area contributed by atoms with Gasteiger partial charge in [-0.3, -0.25) is 4.79 Å². The molecule has 0 atom stereocenters. The molecule has 3 aromatic rings. The number of phenolic OH excluding ortho intramolecular Hbond substituents is 1. The van der Waals surface area contributed by atoms with E-state index in [1.807, 2.05) is 23.1 Å². The summed E-state index contributed by atoms with van der Waals surface area (Å²) in [4.78, 5) is 18.0. The fraction of sp³-hybridized carbons (Fsp3) is 0.320. The van der Waals surface area contributed by atoms with E-state index in [1.165, 1.54) is 11.1 Å². The number of amides is 1. The van der Waals surface area contributed by atoms with Gasteiger partial charge in [-0.05, 0) is 84.7 Å². The minimum atomic E-state index is 0.0183. The quantitative estimate of drug-likeness (QED) is 0.629. The molecule has 0 radical (unpaired) electrons. The van der Waals surface area contributed by atoms with Crippen LogP contribution in [0.5, 0.6) is 17.2 Å². The summed E-state index contributed by atoms with van der Waals surface area (Å²) in [6.07, 6.45) is 5.80. The number of aromatic amines is 1. The first-order valence-electron chi connectivity index (χ1n) is 10.8. The third-order valence-corrected chi connectivity index (χ3v) is 6.16. The normalized spacial score (nSPS) is 16.1. The van der Waals surface area contributed by atoms with Gasteiger partial charge in [0, 0.05) is 19.3 Å². The van der Waals surface area contributed by atoms with E-state index >= 15 is 0 Å². The van der Waals surface area contributed by atoms with Crippen LogP contribution in [0.15, 0.2) is 48.7 Å². The third-order valence-electron chi connectivity index (χ3n) is 6.16. The molecule has 31 heavy (non-hydrogen) atoms. The number of H-pyrrole nitrogens is 1. The molecule has 6 nitrogen and oxygen atoms in total. The largest absolute Gasteiger partial charge is 0.508 e. The Morgan fingerprint density at radius 3 is 2.45 bits per heavy atom. The Balaban J connectivity index is 1.47. The Labute approximate surface area is 181 Å². The number of aryl methyl sites for hydroxylation is 3. The second-order valence-corrected chi connectivity index (χ2v) is 8.17. The number of rotatable bonds is 1. The fourth-order valence-electron chi connectivity index (χ4n) is 4.43. The number of aromatic nitrogens is 1. The number of carbonyl (C=O) groups excluding carboxylic acids is 1. The molecule has 0 saturated heterocycles. The topological polar surface area (TPSA) is 74.8 Å². The monoisotopic (exact) mass is 418 g/mol. The predicted octanol–water partition coefficient (Wildman–Crippen LogP) is 3.87. The van der Waals surface area contributed by atoms with Crippen LogP contribution in [0.4, 0.5) is 0 Å². The van der Waals surface area contributed by atoms with Gasteiger partial charge < -0.3 is 24.5 Å².